The van der Waals surface area contributed by atoms with Crippen LogP contribution in [-0.4, -0.2) is 28.5 Å². The molecule has 0 unspecified atom stereocenters. The monoisotopic (exact) mass is 397 g/mol. The second-order valence-corrected chi connectivity index (χ2v) is 8.14. The first-order valence-electron chi connectivity index (χ1n) is 6.41. The lowest BCUT2D eigenvalue weighted by molar-refractivity contribution is 0.466. The van der Waals surface area contributed by atoms with Crippen LogP contribution < -0.4 is 0 Å². The van der Waals surface area contributed by atoms with Crippen LogP contribution in [0.1, 0.15) is 5.56 Å². The third-order valence-electron chi connectivity index (χ3n) is 3.29. The second kappa shape index (κ2) is 6.04. The Labute approximate surface area is 141 Å². The second-order valence-electron chi connectivity index (χ2n) is 4.74. The van der Waals surface area contributed by atoms with Crippen molar-refractivity contribution >= 4 is 48.7 Å². The standard InChI is InChI=1S/C14H12BrN3O2S2/c1-18(9-10-5-2-3-6-11(10)15)22(19,20)13-8-4-7-12-14(13)17-21-16-12/h2-8H,9H2,1H3. The van der Waals surface area contributed by atoms with Gasteiger partial charge < -0.3 is 0 Å². The molecule has 8 heteroatoms. The number of benzene rings is 2. The molecule has 22 heavy (non-hydrogen) atoms. The van der Waals surface area contributed by atoms with E-state index in [9.17, 15) is 8.42 Å². The van der Waals surface area contributed by atoms with Crippen molar-refractivity contribution in [2.24, 2.45) is 0 Å². The summed E-state index contributed by atoms with van der Waals surface area (Å²) in [5.41, 5.74) is 1.92. The summed E-state index contributed by atoms with van der Waals surface area (Å²) in [6.07, 6.45) is 0. The number of aromatic nitrogens is 2. The van der Waals surface area contributed by atoms with Crippen LogP contribution in [-0.2, 0) is 16.6 Å². The predicted octanol–water partition coefficient (Wildman–Crippen LogP) is 3.27. The number of sulfonamides is 1. The third-order valence-corrected chi connectivity index (χ3v) is 6.44. The number of hydrogen-bond acceptors (Lipinski definition) is 5. The molecule has 0 N–H and O–H groups in total. The lowest BCUT2D eigenvalue weighted by Crippen LogP contribution is -2.26. The molecule has 0 atom stereocenters. The molecule has 114 valence electrons. The molecular weight excluding hydrogens is 386 g/mol. The van der Waals surface area contributed by atoms with E-state index >= 15 is 0 Å². The fourth-order valence-electron chi connectivity index (χ4n) is 2.11. The number of hydrogen-bond donors (Lipinski definition) is 0. The van der Waals surface area contributed by atoms with Crippen molar-refractivity contribution < 1.29 is 8.42 Å². The Bertz CT molecular complexity index is 924. The average molecular weight is 398 g/mol. The van der Waals surface area contributed by atoms with E-state index in [2.05, 4.69) is 24.7 Å². The summed E-state index contributed by atoms with van der Waals surface area (Å²) in [6, 6.07) is 12.6. The maximum absolute atomic E-state index is 12.8. The zero-order valence-corrected chi connectivity index (χ0v) is 14.8. The number of fused-ring (bicyclic) bond motifs is 1. The van der Waals surface area contributed by atoms with Gasteiger partial charge in [-0.15, -0.1) is 0 Å². The van der Waals surface area contributed by atoms with Crippen molar-refractivity contribution in [2.45, 2.75) is 11.4 Å². The van der Waals surface area contributed by atoms with Crippen LogP contribution in [0.25, 0.3) is 11.0 Å². The number of halogens is 1. The minimum absolute atomic E-state index is 0.188. The summed E-state index contributed by atoms with van der Waals surface area (Å²) in [6.45, 7) is 0.276. The van der Waals surface area contributed by atoms with Gasteiger partial charge in [-0.05, 0) is 23.8 Å². The largest absolute Gasteiger partial charge is 0.245 e. The highest BCUT2D eigenvalue weighted by molar-refractivity contribution is 9.10. The lowest BCUT2D eigenvalue weighted by Gasteiger charge is -2.18. The van der Waals surface area contributed by atoms with E-state index in [-0.39, 0.29) is 11.4 Å². The molecule has 0 spiro atoms. The molecule has 3 rings (SSSR count). The zero-order valence-electron chi connectivity index (χ0n) is 11.6. The summed E-state index contributed by atoms with van der Waals surface area (Å²) in [5.74, 6) is 0. The van der Waals surface area contributed by atoms with Crippen LogP contribution in [0, 0.1) is 0 Å². The Morgan fingerprint density at radius 3 is 2.68 bits per heavy atom. The Hall–Kier alpha value is -1.35. The van der Waals surface area contributed by atoms with Gasteiger partial charge in [0, 0.05) is 18.1 Å². The van der Waals surface area contributed by atoms with Gasteiger partial charge in [-0.3, -0.25) is 0 Å². The van der Waals surface area contributed by atoms with E-state index in [1.54, 1.807) is 25.2 Å². The first-order chi connectivity index (χ1) is 10.5. The Kier molecular flexibility index (Phi) is 4.26. The molecule has 0 saturated carbocycles. The van der Waals surface area contributed by atoms with Gasteiger partial charge in [0.2, 0.25) is 10.0 Å². The van der Waals surface area contributed by atoms with E-state index in [1.807, 2.05) is 24.3 Å². The summed E-state index contributed by atoms with van der Waals surface area (Å²) < 4.78 is 36.0. The molecule has 0 amide bonds. The Morgan fingerprint density at radius 2 is 1.91 bits per heavy atom. The van der Waals surface area contributed by atoms with Crippen LogP contribution in [0.4, 0.5) is 0 Å². The van der Waals surface area contributed by atoms with Crippen molar-refractivity contribution in [1.29, 1.82) is 0 Å². The highest BCUT2D eigenvalue weighted by atomic mass is 79.9. The molecule has 1 heterocycles. The molecule has 0 aliphatic carbocycles. The van der Waals surface area contributed by atoms with Gasteiger partial charge >= 0.3 is 0 Å². The normalized spacial score (nSPS) is 12.1. The van der Waals surface area contributed by atoms with Crippen molar-refractivity contribution in [3.05, 3.63) is 52.5 Å². The topological polar surface area (TPSA) is 63.2 Å². The summed E-state index contributed by atoms with van der Waals surface area (Å²) in [5, 5.41) is 0. The van der Waals surface area contributed by atoms with Gasteiger partial charge in [-0.2, -0.15) is 13.1 Å². The van der Waals surface area contributed by atoms with Crippen LogP contribution >= 0.6 is 27.7 Å². The number of nitrogens with zero attached hydrogens (tertiary/aromatic N) is 3. The van der Waals surface area contributed by atoms with Gasteiger partial charge in [0.05, 0.1) is 11.7 Å². The van der Waals surface area contributed by atoms with E-state index in [0.29, 0.717) is 11.0 Å². The van der Waals surface area contributed by atoms with Crippen molar-refractivity contribution in [3.8, 4) is 0 Å². The fourth-order valence-corrected chi connectivity index (χ4v) is 4.42. The van der Waals surface area contributed by atoms with Gasteiger partial charge in [-0.25, -0.2) is 8.42 Å². The highest BCUT2D eigenvalue weighted by Crippen LogP contribution is 2.26. The van der Waals surface area contributed by atoms with Gasteiger partial charge in [0.15, 0.2) is 0 Å². The van der Waals surface area contributed by atoms with Crippen molar-refractivity contribution in [2.75, 3.05) is 7.05 Å². The maximum Gasteiger partial charge on any atom is 0.245 e. The van der Waals surface area contributed by atoms with E-state index in [4.69, 9.17) is 0 Å². The summed E-state index contributed by atoms with van der Waals surface area (Å²) in [4.78, 5) is 0.188. The molecule has 3 aromatic rings. The molecule has 5 nitrogen and oxygen atoms in total. The first-order valence-corrected chi connectivity index (χ1v) is 9.37. The molecule has 1 aromatic heterocycles. The maximum atomic E-state index is 12.8. The van der Waals surface area contributed by atoms with Gasteiger partial charge in [0.1, 0.15) is 15.9 Å². The summed E-state index contributed by atoms with van der Waals surface area (Å²) >= 11 is 4.45. The Morgan fingerprint density at radius 1 is 1.14 bits per heavy atom. The molecule has 0 fully saturated rings. The predicted molar refractivity (Wildman–Crippen MR) is 90.2 cm³/mol. The minimum Gasteiger partial charge on any atom is -0.207 e. The van der Waals surface area contributed by atoms with E-state index in [1.165, 1.54) is 4.31 Å². The van der Waals surface area contributed by atoms with Crippen LogP contribution in [0.3, 0.4) is 0 Å². The van der Waals surface area contributed by atoms with E-state index < -0.39 is 10.0 Å². The van der Waals surface area contributed by atoms with Gasteiger partial charge in [-0.1, -0.05) is 40.2 Å². The summed E-state index contributed by atoms with van der Waals surface area (Å²) in [7, 11) is -2.07. The molecule has 0 aliphatic rings. The van der Waals surface area contributed by atoms with Crippen LogP contribution in [0.5, 0.6) is 0 Å². The van der Waals surface area contributed by atoms with Crippen molar-refractivity contribution in [1.82, 2.24) is 13.1 Å². The van der Waals surface area contributed by atoms with Crippen LogP contribution in [0.15, 0.2) is 51.8 Å². The fraction of sp³-hybridized carbons (Fsp3) is 0.143. The minimum atomic E-state index is -3.63. The first kappa shape index (κ1) is 15.5. The Balaban J connectivity index is 1.99. The number of rotatable bonds is 4. The lowest BCUT2D eigenvalue weighted by atomic mass is 10.2. The molecular formula is C14H12BrN3O2S2. The highest BCUT2D eigenvalue weighted by Gasteiger charge is 2.25. The molecule has 0 bridgehead atoms. The SMILES string of the molecule is CN(Cc1ccccc1Br)S(=O)(=O)c1cccc2nsnc12. The van der Waals surface area contributed by atoms with Gasteiger partial charge in [0.25, 0.3) is 0 Å². The smallest absolute Gasteiger partial charge is 0.207 e. The van der Waals surface area contributed by atoms with Crippen LogP contribution in [0.2, 0.25) is 0 Å². The zero-order chi connectivity index (χ0) is 15.7. The van der Waals surface area contributed by atoms with E-state index in [0.717, 1.165) is 21.8 Å². The molecule has 0 saturated heterocycles. The third kappa shape index (κ3) is 2.79. The molecule has 0 aliphatic heterocycles. The molecule has 2 aromatic carbocycles. The quantitative estimate of drug-likeness (QED) is 0.677. The molecule has 0 radical (unpaired) electrons. The van der Waals surface area contributed by atoms with Crippen molar-refractivity contribution in [3.63, 3.8) is 0 Å². The average Bonchev–Trinajstić information content (AvgIpc) is 2.97.